The lowest BCUT2D eigenvalue weighted by Crippen LogP contribution is -2.48. The Balaban J connectivity index is 1.73. The number of carbonyl (C=O) groups excluding carboxylic acids is 2. The van der Waals surface area contributed by atoms with E-state index in [0.29, 0.717) is 29.3 Å². The molecule has 0 saturated carbocycles. The summed E-state index contributed by atoms with van der Waals surface area (Å²) in [5.74, 6) is 0.0778. The topological polar surface area (TPSA) is 123 Å². The summed E-state index contributed by atoms with van der Waals surface area (Å²) in [6.45, 7) is 6.31. The van der Waals surface area contributed by atoms with E-state index in [4.69, 9.17) is 16.2 Å². The van der Waals surface area contributed by atoms with Gasteiger partial charge in [-0.05, 0) is 44.0 Å². The molecule has 0 saturated heterocycles. The van der Waals surface area contributed by atoms with Gasteiger partial charge in [-0.1, -0.05) is 36.4 Å². The van der Waals surface area contributed by atoms with Crippen LogP contribution in [0.15, 0.2) is 59.9 Å². The van der Waals surface area contributed by atoms with Gasteiger partial charge in [-0.3, -0.25) is 14.6 Å². The smallest absolute Gasteiger partial charge is 0.255 e. The summed E-state index contributed by atoms with van der Waals surface area (Å²) >= 11 is 0. The molecule has 8 nitrogen and oxygen atoms in total. The molecule has 1 atom stereocenters. The fraction of sp³-hybridized carbons (Fsp3) is 0.304. The first-order chi connectivity index (χ1) is 14.6. The maximum atomic E-state index is 12.5. The van der Waals surface area contributed by atoms with Gasteiger partial charge in [0.1, 0.15) is 11.6 Å². The lowest BCUT2D eigenvalue weighted by atomic mass is 9.98. The van der Waals surface area contributed by atoms with Gasteiger partial charge < -0.3 is 21.5 Å². The molecule has 1 aliphatic heterocycles. The van der Waals surface area contributed by atoms with Crippen LogP contribution in [-0.2, 0) is 11.3 Å². The lowest BCUT2D eigenvalue weighted by molar-refractivity contribution is -0.114. The molecule has 1 heterocycles. The molecule has 3 rings (SSSR count). The van der Waals surface area contributed by atoms with E-state index in [-0.39, 0.29) is 11.4 Å². The third kappa shape index (κ3) is 4.64. The van der Waals surface area contributed by atoms with Gasteiger partial charge in [0.2, 0.25) is 5.91 Å². The van der Waals surface area contributed by atoms with Crippen molar-refractivity contribution in [3.05, 3.63) is 76.6 Å². The second kappa shape index (κ2) is 8.69. The molecule has 2 aromatic rings. The summed E-state index contributed by atoms with van der Waals surface area (Å²) < 4.78 is 5.24. The molecule has 0 spiro atoms. The number of nitrogens with zero attached hydrogens (tertiary/aromatic N) is 1. The van der Waals surface area contributed by atoms with Crippen molar-refractivity contribution in [2.45, 2.75) is 38.9 Å². The predicted octanol–water partition coefficient (Wildman–Crippen LogP) is 1.94. The van der Waals surface area contributed by atoms with Crippen molar-refractivity contribution in [3.8, 4) is 5.75 Å². The lowest BCUT2D eigenvalue weighted by Gasteiger charge is -2.35. The van der Waals surface area contributed by atoms with Crippen LogP contribution in [0.4, 0.5) is 0 Å². The molecule has 1 unspecified atom stereocenters. The predicted molar refractivity (Wildman–Crippen MR) is 118 cm³/mol. The minimum Gasteiger partial charge on any atom is -0.496 e. The van der Waals surface area contributed by atoms with E-state index >= 15 is 0 Å². The van der Waals surface area contributed by atoms with Gasteiger partial charge >= 0.3 is 0 Å². The molecule has 0 fully saturated rings. The first kappa shape index (κ1) is 22.2. The van der Waals surface area contributed by atoms with Crippen molar-refractivity contribution in [2.24, 2.45) is 11.5 Å². The summed E-state index contributed by atoms with van der Waals surface area (Å²) in [4.78, 5) is 24.5. The van der Waals surface area contributed by atoms with Crippen LogP contribution in [0.25, 0.3) is 0 Å². The number of nitrogens with two attached hydrogens (primary N) is 2. The van der Waals surface area contributed by atoms with Crippen LogP contribution in [0, 0.1) is 0 Å². The Morgan fingerprint density at radius 2 is 1.77 bits per heavy atom. The minimum atomic E-state index is -0.560. The highest BCUT2D eigenvalue weighted by atomic mass is 16.5. The first-order valence-corrected chi connectivity index (χ1v) is 9.99. The van der Waals surface area contributed by atoms with E-state index in [1.54, 1.807) is 23.2 Å². The number of benzene rings is 2. The molecule has 0 aliphatic carbocycles. The number of para-hydroxylation sites is 1. The van der Waals surface area contributed by atoms with Crippen molar-refractivity contribution < 1.29 is 14.3 Å². The van der Waals surface area contributed by atoms with Crippen LogP contribution in [0.5, 0.6) is 5.75 Å². The molecular formula is C23H29N5O3. The Hall–Kier alpha value is -3.52. The Morgan fingerprint density at radius 1 is 1.13 bits per heavy atom. The van der Waals surface area contributed by atoms with E-state index < -0.39 is 11.9 Å². The van der Waals surface area contributed by atoms with E-state index in [9.17, 15) is 9.59 Å². The van der Waals surface area contributed by atoms with Gasteiger partial charge in [0.25, 0.3) is 5.91 Å². The molecule has 0 radical (unpaired) electrons. The number of methoxy groups -OCH3 is 1. The number of ether oxygens (including phenoxy) is 1. The summed E-state index contributed by atoms with van der Waals surface area (Å²) in [6, 6.07) is 14.2. The monoisotopic (exact) mass is 423 g/mol. The Kier molecular flexibility index (Phi) is 6.21. The molecule has 164 valence electrons. The molecule has 31 heavy (non-hydrogen) atoms. The average Bonchev–Trinajstić information content (AvgIpc) is 3.10. The fourth-order valence-corrected chi connectivity index (χ4v) is 3.53. The Bertz CT molecular complexity index is 1010. The minimum absolute atomic E-state index is 0.216. The van der Waals surface area contributed by atoms with Gasteiger partial charge in [-0.25, -0.2) is 5.43 Å². The van der Waals surface area contributed by atoms with E-state index in [1.807, 2.05) is 51.1 Å². The number of amides is 2. The number of hydrogen-bond acceptors (Lipinski definition) is 6. The molecule has 1 aliphatic rings. The normalized spacial score (nSPS) is 16.4. The van der Waals surface area contributed by atoms with Crippen LogP contribution in [-0.4, -0.2) is 29.5 Å². The fourth-order valence-electron chi connectivity index (χ4n) is 3.53. The van der Waals surface area contributed by atoms with Crippen LogP contribution in [0.1, 0.15) is 48.3 Å². The van der Waals surface area contributed by atoms with E-state index in [1.165, 1.54) is 7.11 Å². The van der Waals surface area contributed by atoms with E-state index in [0.717, 1.165) is 11.1 Å². The largest absolute Gasteiger partial charge is 0.496 e. The second-order valence-electron chi connectivity index (χ2n) is 8.36. The first-order valence-electron chi connectivity index (χ1n) is 9.99. The number of hydrogen-bond donors (Lipinski definition) is 4. The second-order valence-corrected chi connectivity index (χ2v) is 8.36. The SMILES string of the molecule is COc1ccccc1C(=O)NCc1ccc(C2NN(C(C)(C)C)C(N)=C2C(N)=O)cc1. The van der Waals surface area contributed by atoms with Crippen LogP contribution < -0.4 is 26.9 Å². The Morgan fingerprint density at radius 3 is 2.35 bits per heavy atom. The summed E-state index contributed by atoms with van der Waals surface area (Å²) in [5, 5.41) is 4.66. The molecule has 0 bridgehead atoms. The maximum absolute atomic E-state index is 12.5. The zero-order valence-electron chi connectivity index (χ0n) is 18.2. The van der Waals surface area contributed by atoms with Crippen molar-refractivity contribution >= 4 is 11.8 Å². The standard InChI is InChI=1S/C23H29N5O3/c1-23(2,3)28-20(24)18(21(25)29)19(27-28)15-11-9-14(10-12-15)13-26-22(30)16-7-5-6-8-17(16)31-4/h5-12,19,27H,13,24H2,1-4H3,(H2,25,29)(H,26,30). The van der Waals surface area contributed by atoms with E-state index in [2.05, 4.69) is 10.7 Å². The molecule has 2 aromatic carbocycles. The third-order valence-electron chi connectivity index (χ3n) is 5.12. The van der Waals surface area contributed by atoms with Crippen LogP contribution in [0.3, 0.4) is 0 Å². The third-order valence-corrected chi connectivity index (χ3v) is 5.12. The zero-order valence-corrected chi connectivity index (χ0v) is 18.2. The molecular weight excluding hydrogens is 394 g/mol. The highest BCUT2D eigenvalue weighted by Gasteiger charge is 2.38. The maximum Gasteiger partial charge on any atom is 0.255 e. The zero-order chi connectivity index (χ0) is 22.8. The summed E-state index contributed by atoms with van der Waals surface area (Å²) in [5.41, 5.74) is 17.4. The quantitative estimate of drug-likeness (QED) is 0.563. The van der Waals surface area contributed by atoms with Crippen molar-refractivity contribution in [1.82, 2.24) is 15.8 Å². The highest BCUT2D eigenvalue weighted by molar-refractivity contribution is 5.97. The van der Waals surface area contributed by atoms with Gasteiger partial charge in [0, 0.05) is 12.1 Å². The van der Waals surface area contributed by atoms with Gasteiger partial charge in [0.05, 0.1) is 24.3 Å². The highest BCUT2D eigenvalue weighted by Crippen LogP contribution is 2.33. The van der Waals surface area contributed by atoms with Crippen molar-refractivity contribution in [2.75, 3.05) is 7.11 Å². The van der Waals surface area contributed by atoms with Crippen molar-refractivity contribution in [1.29, 1.82) is 0 Å². The molecule has 6 N–H and O–H groups in total. The number of primary amides is 1. The van der Waals surface area contributed by atoms with Gasteiger partial charge in [-0.2, -0.15) is 0 Å². The summed E-state index contributed by atoms with van der Waals surface area (Å²) in [7, 11) is 1.53. The number of carbonyl (C=O) groups is 2. The van der Waals surface area contributed by atoms with Gasteiger partial charge in [0.15, 0.2) is 0 Å². The number of nitrogens with one attached hydrogen (secondary N) is 2. The summed E-state index contributed by atoms with van der Waals surface area (Å²) in [6.07, 6.45) is 0. The van der Waals surface area contributed by atoms with Crippen LogP contribution in [0.2, 0.25) is 0 Å². The van der Waals surface area contributed by atoms with Gasteiger partial charge in [-0.15, -0.1) is 0 Å². The average molecular weight is 424 g/mol. The number of hydrazine groups is 1. The van der Waals surface area contributed by atoms with Crippen molar-refractivity contribution in [3.63, 3.8) is 0 Å². The van der Waals surface area contributed by atoms with Crippen LogP contribution >= 0.6 is 0 Å². The molecule has 2 amide bonds. The Labute approximate surface area is 182 Å². The molecule has 8 heteroatoms. The molecule has 0 aromatic heterocycles. The number of rotatable bonds is 6.